The normalized spacial score (nSPS) is 10.3. The van der Waals surface area contributed by atoms with Gasteiger partial charge in [0.05, 0.1) is 34.4 Å². The average molecular weight is 427 g/mol. The second-order valence-corrected chi connectivity index (χ2v) is 6.24. The van der Waals surface area contributed by atoms with Gasteiger partial charge in [-0.3, -0.25) is 0 Å². The summed E-state index contributed by atoms with van der Waals surface area (Å²) in [4.78, 5) is 23.4. The Balaban J connectivity index is 1.87. The highest BCUT2D eigenvalue weighted by Gasteiger charge is 2.12. The van der Waals surface area contributed by atoms with Gasteiger partial charge in [0.15, 0.2) is 0 Å². The predicted octanol–water partition coefficient (Wildman–Crippen LogP) is 4.80. The highest BCUT2D eigenvalue weighted by Crippen LogP contribution is 2.27. The van der Waals surface area contributed by atoms with Gasteiger partial charge in [-0.05, 0) is 50.2 Å². The van der Waals surface area contributed by atoms with Gasteiger partial charge in [0, 0.05) is 0 Å². The number of halogens is 2. The molecule has 2 aromatic rings. The van der Waals surface area contributed by atoms with Crippen LogP contribution in [0, 0.1) is 0 Å². The molecule has 2 rings (SSSR count). The van der Waals surface area contributed by atoms with Gasteiger partial charge in [-0.15, -0.1) is 0 Å². The minimum atomic E-state index is -0.444. The highest BCUT2D eigenvalue weighted by molar-refractivity contribution is 6.32. The lowest BCUT2D eigenvalue weighted by molar-refractivity contribution is 0.0516. The van der Waals surface area contributed by atoms with Crippen LogP contribution in [-0.2, 0) is 9.47 Å². The van der Waals surface area contributed by atoms with Crippen LogP contribution in [-0.4, -0.2) is 38.4 Å². The molecule has 0 aliphatic carbocycles. The fourth-order valence-corrected chi connectivity index (χ4v) is 2.69. The zero-order valence-electron chi connectivity index (χ0n) is 15.5. The van der Waals surface area contributed by atoms with Crippen LogP contribution >= 0.6 is 23.2 Å². The lowest BCUT2D eigenvalue weighted by Gasteiger charge is -2.12. The number of esters is 2. The van der Waals surface area contributed by atoms with Gasteiger partial charge in [-0.1, -0.05) is 23.2 Å². The third kappa shape index (κ3) is 6.04. The van der Waals surface area contributed by atoms with E-state index in [1.165, 1.54) is 12.1 Å². The van der Waals surface area contributed by atoms with Gasteiger partial charge < -0.3 is 18.9 Å². The molecule has 0 saturated carbocycles. The minimum Gasteiger partial charge on any atom is -0.488 e. The summed E-state index contributed by atoms with van der Waals surface area (Å²) < 4.78 is 21.0. The Morgan fingerprint density at radius 1 is 0.750 bits per heavy atom. The van der Waals surface area contributed by atoms with Crippen molar-refractivity contribution in [3.05, 3.63) is 57.6 Å². The molecule has 0 fully saturated rings. The third-order valence-corrected chi connectivity index (χ3v) is 4.08. The van der Waals surface area contributed by atoms with E-state index in [2.05, 4.69) is 0 Å². The van der Waals surface area contributed by atoms with E-state index >= 15 is 0 Å². The monoisotopic (exact) mass is 426 g/mol. The summed E-state index contributed by atoms with van der Waals surface area (Å²) in [5.41, 5.74) is 0.702. The summed E-state index contributed by atoms with van der Waals surface area (Å²) >= 11 is 12.3. The molecule has 0 spiro atoms. The number of hydrogen-bond donors (Lipinski definition) is 0. The van der Waals surface area contributed by atoms with Crippen LogP contribution in [0.15, 0.2) is 36.4 Å². The van der Waals surface area contributed by atoms with Crippen LogP contribution in [0.25, 0.3) is 0 Å². The maximum atomic E-state index is 11.7. The molecule has 150 valence electrons. The van der Waals surface area contributed by atoms with Gasteiger partial charge in [-0.25, -0.2) is 9.59 Å². The van der Waals surface area contributed by atoms with Crippen LogP contribution < -0.4 is 9.47 Å². The molecule has 0 amide bonds. The summed E-state index contributed by atoms with van der Waals surface area (Å²) in [7, 11) is 0. The standard InChI is InChI=1S/C20H20Cl2O6/c1-3-25-19(23)13-5-7-17(15(21)11-13)27-9-10-28-18-8-6-14(12-16(18)22)20(24)26-4-2/h5-8,11-12H,3-4,9-10H2,1-2H3. The molecule has 0 saturated heterocycles. The maximum absolute atomic E-state index is 11.7. The molecular weight excluding hydrogens is 407 g/mol. The van der Waals surface area contributed by atoms with Crippen LogP contribution in [0.4, 0.5) is 0 Å². The largest absolute Gasteiger partial charge is 0.488 e. The van der Waals surface area contributed by atoms with Crippen molar-refractivity contribution in [2.45, 2.75) is 13.8 Å². The van der Waals surface area contributed by atoms with Gasteiger partial charge in [0.1, 0.15) is 24.7 Å². The van der Waals surface area contributed by atoms with Crippen LogP contribution in [0.2, 0.25) is 10.0 Å². The number of ether oxygens (including phenoxy) is 4. The average Bonchev–Trinajstić information content (AvgIpc) is 2.67. The molecule has 0 aliphatic heterocycles. The lowest BCUT2D eigenvalue weighted by Crippen LogP contribution is -2.10. The van der Waals surface area contributed by atoms with Crippen molar-refractivity contribution in [2.75, 3.05) is 26.4 Å². The van der Waals surface area contributed by atoms with Crippen molar-refractivity contribution in [1.82, 2.24) is 0 Å². The molecule has 0 N–H and O–H groups in total. The van der Waals surface area contributed by atoms with Crippen LogP contribution in [0.3, 0.4) is 0 Å². The SMILES string of the molecule is CCOC(=O)c1ccc(OCCOc2ccc(C(=O)OCC)cc2Cl)c(Cl)c1. The van der Waals surface area contributed by atoms with E-state index in [0.29, 0.717) is 32.7 Å². The first kappa shape index (κ1) is 21.9. The van der Waals surface area contributed by atoms with Crippen molar-refractivity contribution in [1.29, 1.82) is 0 Å². The fraction of sp³-hybridized carbons (Fsp3) is 0.300. The zero-order chi connectivity index (χ0) is 20.5. The molecule has 0 radical (unpaired) electrons. The highest BCUT2D eigenvalue weighted by atomic mass is 35.5. The Kier molecular flexibility index (Phi) is 8.42. The Labute approximate surface area is 173 Å². The number of carbonyl (C=O) groups is 2. The lowest BCUT2D eigenvalue weighted by atomic mass is 10.2. The van der Waals surface area contributed by atoms with E-state index in [-0.39, 0.29) is 26.4 Å². The first-order chi connectivity index (χ1) is 13.5. The second kappa shape index (κ2) is 10.8. The minimum absolute atomic E-state index is 0.203. The Hall–Kier alpha value is -2.44. The number of hydrogen-bond acceptors (Lipinski definition) is 6. The van der Waals surface area contributed by atoms with Crippen molar-refractivity contribution >= 4 is 35.1 Å². The van der Waals surface area contributed by atoms with E-state index < -0.39 is 11.9 Å². The Morgan fingerprint density at radius 2 is 1.14 bits per heavy atom. The molecular formula is C20H20Cl2O6. The number of benzene rings is 2. The van der Waals surface area contributed by atoms with E-state index in [1.54, 1.807) is 38.1 Å². The molecule has 0 aromatic heterocycles. The first-order valence-corrected chi connectivity index (χ1v) is 9.40. The summed E-state index contributed by atoms with van der Waals surface area (Å²) in [5.74, 6) is -0.0514. The summed E-state index contributed by atoms with van der Waals surface area (Å²) in [5, 5.41) is 0.588. The fourth-order valence-electron chi connectivity index (χ4n) is 2.22. The van der Waals surface area contributed by atoms with Gasteiger partial charge >= 0.3 is 11.9 Å². The molecule has 8 heteroatoms. The molecule has 28 heavy (non-hydrogen) atoms. The predicted molar refractivity (Wildman–Crippen MR) is 106 cm³/mol. The van der Waals surface area contributed by atoms with Gasteiger partial charge in [-0.2, -0.15) is 0 Å². The quantitative estimate of drug-likeness (QED) is 0.423. The number of rotatable bonds is 9. The molecule has 0 aliphatic rings. The molecule has 2 aromatic carbocycles. The van der Waals surface area contributed by atoms with E-state index in [0.717, 1.165) is 0 Å². The molecule has 0 unspecified atom stereocenters. The maximum Gasteiger partial charge on any atom is 0.338 e. The summed E-state index contributed by atoms with van der Waals surface area (Å²) in [6.07, 6.45) is 0. The van der Waals surface area contributed by atoms with Gasteiger partial charge in [0.25, 0.3) is 0 Å². The van der Waals surface area contributed by atoms with Crippen molar-refractivity contribution in [3.63, 3.8) is 0 Å². The van der Waals surface area contributed by atoms with E-state index in [9.17, 15) is 9.59 Å². The third-order valence-electron chi connectivity index (χ3n) is 3.48. The zero-order valence-corrected chi connectivity index (χ0v) is 17.0. The Bertz CT molecular complexity index is 768. The molecule has 0 heterocycles. The molecule has 0 bridgehead atoms. The van der Waals surface area contributed by atoms with Crippen molar-refractivity contribution in [2.24, 2.45) is 0 Å². The van der Waals surface area contributed by atoms with Crippen LogP contribution in [0.1, 0.15) is 34.6 Å². The summed E-state index contributed by atoms with van der Waals surface area (Å²) in [6.45, 7) is 4.44. The number of carbonyl (C=O) groups excluding carboxylic acids is 2. The van der Waals surface area contributed by atoms with Crippen molar-refractivity contribution < 1.29 is 28.5 Å². The molecule has 0 atom stereocenters. The van der Waals surface area contributed by atoms with Crippen molar-refractivity contribution in [3.8, 4) is 11.5 Å². The second-order valence-electron chi connectivity index (χ2n) is 5.43. The van der Waals surface area contributed by atoms with Crippen LogP contribution in [0.5, 0.6) is 11.5 Å². The molecule has 6 nitrogen and oxygen atoms in total. The topological polar surface area (TPSA) is 71.1 Å². The van der Waals surface area contributed by atoms with E-state index in [4.69, 9.17) is 42.1 Å². The summed E-state index contributed by atoms with van der Waals surface area (Å²) in [6, 6.07) is 9.31. The Morgan fingerprint density at radius 3 is 1.46 bits per heavy atom. The van der Waals surface area contributed by atoms with Gasteiger partial charge in [0.2, 0.25) is 0 Å². The smallest absolute Gasteiger partial charge is 0.338 e. The first-order valence-electron chi connectivity index (χ1n) is 8.65. The van der Waals surface area contributed by atoms with E-state index in [1.807, 2.05) is 0 Å².